The zero-order valence-corrected chi connectivity index (χ0v) is 10.9. The lowest BCUT2D eigenvalue weighted by Crippen LogP contribution is -2.44. The number of nitrogens with two attached hydrogens (primary N) is 1. The van der Waals surface area contributed by atoms with Gasteiger partial charge in [0.15, 0.2) is 0 Å². The Balaban J connectivity index is 2.75. The summed E-state index contributed by atoms with van der Waals surface area (Å²) < 4.78 is 37.6. The van der Waals surface area contributed by atoms with Gasteiger partial charge in [0.05, 0.1) is 12.0 Å². The van der Waals surface area contributed by atoms with E-state index in [2.05, 4.69) is 11.2 Å². The Morgan fingerprint density at radius 3 is 2.57 bits per heavy atom. The second-order valence-corrected chi connectivity index (χ2v) is 4.31. The van der Waals surface area contributed by atoms with E-state index >= 15 is 0 Å². The summed E-state index contributed by atoms with van der Waals surface area (Å²) in [5.41, 5.74) is 4.38. The van der Waals surface area contributed by atoms with Gasteiger partial charge in [-0.3, -0.25) is 9.59 Å². The summed E-state index contributed by atoms with van der Waals surface area (Å²) in [6.45, 7) is 0. The Labute approximate surface area is 119 Å². The predicted molar refractivity (Wildman–Crippen MR) is 69.7 cm³/mol. The second kappa shape index (κ2) is 6.79. The fourth-order valence-corrected chi connectivity index (χ4v) is 1.63. The molecule has 0 aromatic heterocycles. The number of rotatable bonds is 5. The van der Waals surface area contributed by atoms with Crippen molar-refractivity contribution in [1.29, 1.82) is 0 Å². The van der Waals surface area contributed by atoms with Crippen molar-refractivity contribution in [2.75, 3.05) is 0 Å². The number of nitrogens with one attached hydrogen (secondary N) is 1. The van der Waals surface area contributed by atoms with Crippen LogP contribution < -0.4 is 11.1 Å². The lowest BCUT2D eigenvalue weighted by molar-refractivity contribution is -0.137. The molecular formula is C14H13F3N2O2. The minimum absolute atomic E-state index is 0.0797. The molecule has 0 fully saturated rings. The molecule has 0 heterocycles. The number of amides is 2. The maximum atomic E-state index is 12.5. The first kappa shape index (κ1) is 16.6. The topological polar surface area (TPSA) is 72.2 Å². The van der Waals surface area contributed by atoms with Crippen molar-refractivity contribution in [3.05, 3.63) is 35.4 Å². The van der Waals surface area contributed by atoms with Crippen molar-refractivity contribution in [2.24, 2.45) is 5.73 Å². The van der Waals surface area contributed by atoms with Gasteiger partial charge >= 0.3 is 6.18 Å². The molecule has 1 atom stereocenters. The number of benzene rings is 1. The van der Waals surface area contributed by atoms with Gasteiger partial charge in [-0.2, -0.15) is 13.2 Å². The van der Waals surface area contributed by atoms with Crippen molar-refractivity contribution in [1.82, 2.24) is 5.32 Å². The molecule has 21 heavy (non-hydrogen) atoms. The molecule has 4 nitrogen and oxygen atoms in total. The van der Waals surface area contributed by atoms with E-state index in [-0.39, 0.29) is 18.4 Å². The molecule has 0 unspecified atom stereocenters. The van der Waals surface area contributed by atoms with Crippen molar-refractivity contribution in [2.45, 2.75) is 25.1 Å². The fraction of sp³-hybridized carbons (Fsp3) is 0.286. The van der Waals surface area contributed by atoms with Crippen LogP contribution in [0.5, 0.6) is 0 Å². The number of primary amides is 1. The first-order chi connectivity index (χ1) is 9.74. The van der Waals surface area contributed by atoms with Crippen molar-refractivity contribution < 1.29 is 22.8 Å². The van der Waals surface area contributed by atoms with Crippen LogP contribution in [0.15, 0.2) is 24.3 Å². The van der Waals surface area contributed by atoms with Gasteiger partial charge in [-0.15, -0.1) is 12.3 Å². The van der Waals surface area contributed by atoms with Crippen molar-refractivity contribution >= 4 is 11.8 Å². The van der Waals surface area contributed by atoms with Crippen LogP contribution in [-0.4, -0.2) is 17.9 Å². The Kier molecular flexibility index (Phi) is 5.36. The van der Waals surface area contributed by atoms with E-state index < -0.39 is 29.6 Å². The second-order valence-electron chi connectivity index (χ2n) is 4.31. The van der Waals surface area contributed by atoms with Crippen LogP contribution >= 0.6 is 0 Å². The van der Waals surface area contributed by atoms with Gasteiger partial charge in [-0.25, -0.2) is 0 Å². The largest absolute Gasteiger partial charge is 0.416 e. The van der Waals surface area contributed by atoms with Crippen LogP contribution in [0.25, 0.3) is 0 Å². The molecule has 7 heteroatoms. The van der Waals surface area contributed by atoms with E-state index in [4.69, 9.17) is 12.2 Å². The number of carbonyl (C=O) groups is 2. The van der Waals surface area contributed by atoms with Gasteiger partial charge < -0.3 is 11.1 Å². The fourth-order valence-electron chi connectivity index (χ4n) is 1.63. The summed E-state index contributed by atoms with van der Waals surface area (Å²) >= 11 is 0. The van der Waals surface area contributed by atoms with Crippen LogP contribution in [0, 0.1) is 12.3 Å². The van der Waals surface area contributed by atoms with E-state index in [1.807, 2.05) is 0 Å². The van der Waals surface area contributed by atoms with E-state index in [0.29, 0.717) is 0 Å². The molecule has 0 saturated heterocycles. The molecule has 1 rings (SSSR count). The first-order valence-electron chi connectivity index (χ1n) is 5.92. The van der Waals surface area contributed by atoms with Crippen LogP contribution in [-0.2, 0) is 22.2 Å². The number of carbonyl (C=O) groups excluding carboxylic acids is 2. The monoisotopic (exact) mass is 298 g/mol. The van der Waals surface area contributed by atoms with Crippen LogP contribution in [0.1, 0.15) is 17.5 Å². The van der Waals surface area contributed by atoms with Crippen LogP contribution in [0.3, 0.4) is 0 Å². The summed E-state index contributed by atoms with van der Waals surface area (Å²) in [7, 11) is 0. The molecule has 112 valence electrons. The third kappa shape index (κ3) is 5.18. The number of alkyl halides is 3. The van der Waals surface area contributed by atoms with Gasteiger partial charge in [-0.05, 0) is 11.6 Å². The normalized spacial score (nSPS) is 12.3. The van der Waals surface area contributed by atoms with Gasteiger partial charge in [-0.1, -0.05) is 18.2 Å². The van der Waals surface area contributed by atoms with Gasteiger partial charge in [0.1, 0.15) is 6.04 Å². The highest BCUT2D eigenvalue weighted by Crippen LogP contribution is 2.29. The maximum absolute atomic E-state index is 12.5. The summed E-state index contributed by atoms with van der Waals surface area (Å²) in [5.74, 6) is 0.751. The molecule has 0 radical (unpaired) electrons. The molecule has 1 aromatic carbocycles. The number of hydrogen-bond donors (Lipinski definition) is 2. The van der Waals surface area contributed by atoms with E-state index in [9.17, 15) is 22.8 Å². The van der Waals surface area contributed by atoms with Gasteiger partial charge in [0, 0.05) is 6.42 Å². The van der Waals surface area contributed by atoms with Gasteiger partial charge in [0.2, 0.25) is 11.8 Å². The summed E-state index contributed by atoms with van der Waals surface area (Å²) in [6, 6.07) is 3.34. The van der Waals surface area contributed by atoms with Crippen LogP contribution in [0.4, 0.5) is 13.2 Å². The van der Waals surface area contributed by atoms with E-state index in [1.54, 1.807) is 0 Å². The molecule has 0 spiro atoms. The summed E-state index contributed by atoms with van der Waals surface area (Å²) in [4.78, 5) is 22.7. The zero-order valence-electron chi connectivity index (χ0n) is 10.9. The minimum Gasteiger partial charge on any atom is -0.368 e. The average molecular weight is 298 g/mol. The Hall–Kier alpha value is -2.49. The lowest BCUT2D eigenvalue weighted by Gasteiger charge is -2.13. The number of halogens is 3. The Morgan fingerprint density at radius 1 is 1.38 bits per heavy atom. The third-order valence-electron chi connectivity index (χ3n) is 2.62. The van der Waals surface area contributed by atoms with Crippen molar-refractivity contribution in [3.8, 4) is 12.3 Å². The molecule has 3 N–H and O–H groups in total. The minimum atomic E-state index is -4.48. The standard InChI is InChI=1S/C14H13F3N2O2/c1-2-4-11(13(18)21)19-12(20)8-9-5-3-6-10(7-9)14(15,16)17/h1,3,5-7,11H,4,8H2,(H2,18,21)(H,19,20)/t11-/m1/s1. The summed E-state index contributed by atoms with van der Waals surface area (Å²) in [6.07, 6.45) is 0.162. The smallest absolute Gasteiger partial charge is 0.368 e. The molecule has 0 saturated carbocycles. The quantitative estimate of drug-likeness (QED) is 0.803. The maximum Gasteiger partial charge on any atom is 0.416 e. The molecule has 0 aliphatic heterocycles. The Bertz CT molecular complexity index is 576. The predicted octanol–water partition coefficient (Wildman–Crippen LogP) is 1.24. The number of terminal acetylenes is 1. The van der Waals surface area contributed by atoms with Gasteiger partial charge in [0.25, 0.3) is 0 Å². The first-order valence-corrected chi connectivity index (χ1v) is 5.92. The highest BCUT2D eigenvalue weighted by Gasteiger charge is 2.30. The average Bonchev–Trinajstić information content (AvgIpc) is 2.37. The SMILES string of the molecule is C#CC[C@@H](NC(=O)Cc1cccc(C(F)(F)F)c1)C(N)=O. The van der Waals surface area contributed by atoms with E-state index in [1.165, 1.54) is 12.1 Å². The summed E-state index contributed by atoms with van der Waals surface area (Å²) in [5, 5.41) is 2.29. The zero-order chi connectivity index (χ0) is 16.0. The molecular weight excluding hydrogens is 285 g/mol. The molecule has 0 aliphatic rings. The molecule has 2 amide bonds. The number of hydrogen-bond acceptors (Lipinski definition) is 2. The molecule has 0 bridgehead atoms. The molecule has 0 aliphatic carbocycles. The third-order valence-corrected chi connectivity index (χ3v) is 2.62. The van der Waals surface area contributed by atoms with Crippen molar-refractivity contribution in [3.63, 3.8) is 0 Å². The highest BCUT2D eigenvalue weighted by atomic mass is 19.4. The Morgan fingerprint density at radius 2 is 2.05 bits per heavy atom. The molecule has 1 aromatic rings. The van der Waals surface area contributed by atoms with E-state index in [0.717, 1.165) is 12.1 Å². The lowest BCUT2D eigenvalue weighted by atomic mass is 10.1. The highest BCUT2D eigenvalue weighted by molar-refractivity contribution is 5.87. The van der Waals surface area contributed by atoms with Crippen LogP contribution in [0.2, 0.25) is 0 Å².